The highest BCUT2D eigenvalue weighted by molar-refractivity contribution is 6.11. The highest BCUT2D eigenvalue weighted by Crippen LogP contribution is 2.30. The fourth-order valence-corrected chi connectivity index (χ4v) is 1.37. The van der Waals surface area contributed by atoms with Crippen molar-refractivity contribution in [3.8, 4) is 0 Å². The zero-order chi connectivity index (χ0) is 8.55. The van der Waals surface area contributed by atoms with E-state index in [0.717, 1.165) is 11.3 Å². The molecule has 0 spiro atoms. The Morgan fingerprint density at radius 2 is 2.08 bits per heavy atom. The van der Waals surface area contributed by atoms with Crippen LogP contribution in [0.3, 0.4) is 0 Å². The van der Waals surface area contributed by atoms with E-state index in [1.807, 2.05) is 12.1 Å². The number of aldehydes is 1. The molecule has 0 fully saturated rings. The summed E-state index contributed by atoms with van der Waals surface area (Å²) in [5.74, 6) is -0.840. The maximum absolute atomic E-state index is 11.1. The Balaban J connectivity index is 2.54. The van der Waals surface area contributed by atoms with Gasteiger partial charge in [-0.3, -0.25) is 4.79 Å². The minimum atomic E-state index is -0.610. The van der Waals surface area contributed by atoms with Crippen molar-refractivity contribution in [3.05, 3.63) is 29.8 Å². The molecule has 0 aliphatic carbocycles. The van der Waals surface area contributed by atoms with Crippen LogP contribution in [0.4, 0.5) is 5.69 Å². The predicted octanol–water partition coefficient (Wildman–Crippen LogP) is 0.921. The van der Waals surface area contributed by atoms with Crippen molar-refractivity contribution in [2.75, 3.05) is 5.32 Å². The molecule has 1 amide bonds. The second kappa shape index (κ2) is 2.44. The number of carbonyl (C=O) groups excluding carboxylic acids is 2. The van der Waals surface area contributed by atoms with E-state index in [9.17, 15) is 9.59 Å². The van der Waals surface area contributed by atoms with E-state index in [1.54, 1.807) is 12.1 Å². The summed E-state index contributed by atoms with van der Waals surface area (Å²) in [4.78, 5) is 21.6. The monoisotopic (exact) mass is 161 g/mol. The van der Waals surface area contributed by atoms with Crippen molar-refractivity contribution in [1.82, 2.24) is 0 Å². The van der Waals surface area contributed by atoms with Gasteiger partial charge in [-0.2, -0.15) is 0 Å². The maximum Gasteiger partial charge on any atom is 0.239 e. The van der Waals surface area contributed by atoms with E-state index < -0.39 is 5.92 Å². The van der Waals surface area contributed by atoms with E-state index in [2.05, 4.69) is 5.32 Å². The predicted molar refractivity (Wildman–Crippen MR) is 43.9 cm³/mol. The van der Waals surface area contributed by atoms with E-state index in [0.29, 0.717) is 6.29 Å². The molecule has 2 rings (SSSR count). The van der Waals surface area contributed by atoms with Crippen LogP contribution in [0.5, 0.6) is 0 Å². The molecule has 0 aromatic heterocycles. The third-order valence-electron chi connectivity index (χ3n) is 1.97. The molecule has 0 saturated carbocycles. The third kappa shape index (κ3) is 0.830. The molecule has 3 heteroatoms. The first-order valence-electron chi connectivity index (χ1n) is 3.68. The van der Waals surface area contributed by atoms with Gasteiger partial charge in [-0.05, 0) is 11.6 Å². The normalized spacial score (nSPS) is 20.0. The number of carbonyl (C=O) groups is 2. The van der Waals surface area contributed by atoms with Crippen LogP contribution < -0.4 is 5.32 Å². The first-order chi connectivity index (χ1) is 5.83. The molecule has 1 atom stereocenters. The summed E-state index contributed by atoms with van der Waals surface area (Å²) in [5, 5.41) is 2.63. The van der Waals surface area contributed by atoms with Crippen molar-refractivity contribution < 1.29 is 9.59 Å². The van der Waals surface area contributed by atoms with Gasteiger partial charge in [0.15, 0.2) is 0 Å². The number of anilines is 1. The lowest BCUT2D eigenvalue weighted by molar-refractivity contribution is -0.121. The van der Waals surface area contributed by atoms with Crippen LogP contribution in [0.1, 0.15) is 11.5 Å². The average molecular weight is 161 g/mol. The first kappa shape index (κ1) is 7.03. The van der Waals surface area contributed by atoms with Gasteiger partial charge in [-0.25, -0.2) is 0 Å². The summed E-state index contributed by atoms with van der Waals surface area (Å²) in [6, 6.07) is 7.21. The molecule has 1 aliphatic heterocycles. The number of para-hydroxylation sites is 1. The standard InChI is InChI=1S/C9H7NO2/c11-5-7-6-3-1-2-4-8(6)10-9(7)12/h1-5,7H,(H,10,12)/t7-/m1/s1. The van der Waals surface area contributed by atoms with E-state index in [1.165, 1.54) is 0 Å². The van der Waals surface area contributed by atoms with Gasteiger partial charge in [-0.15, -0.1) is 0 Å². The Labute approximate surface area is 69.4 Å². The summed E-state index contributed by atoms with van der Waals surface area (Å²) in [7, 11) is 0. The van der Waals surface area contributed by atoms with Gasteiger partial charge < -0.3 is 10.1 Å². The molecule has 1 aromatic carbocycles. The minimum absolute atomic E-state index is 0.230. The van der Waals surface area contributed by atoms with Crippen molar-refractivity contribution in [3.63, 3.8) is 0 Å². The smallest absolute Gasteiger partial charge is 0.239 e. The van der Waals surface area contributed by atoms with Crippen LogP contribution in [0.2, 0.25) is 0 Å². The molecule has 0 bridgehead atoms. The summed E-state index contributed by atoms with van der Waals surface area (Å²) >= 11 is 0. The molecule has 3 nitrogen and oxygen atoms in total. The Kier molecular flexibility index (Phi) is 1.43. The summed E-state index contributed by atoms with van der Waals surface area (Å²) < 4.78 is 0. The summed E-state index contributed by atoms with van der Waals surface area (Å²) in [6.45, 7) is 0. The fraction of sp³-hybridized carbons (Fsp3) is 0.111. The third-order valence-corrected chi connectivity index (χ3v) is 1.97. The maximum atomic E-state index is 11.1. The number of nitrogens with one attached hydrogen (secondary N) is 1. The molecule has 12 heavy (non-hydrogen) atoms. The molecular formula is C9H7NO2. The van der Waals surface area contributed by atoms with Crippen LogP contribution >= 0.6 is 0 Å². The Morgan fingerprint density at radius 1 is 1.33 bits per heavy atom. The molecule has 1 N–H and O–H groups in total. The number of fused-ring (bicyclic) bond motifs is 1. The van der Waals surface area contributed by atoms with Gasteiger partial charge in [0.05, 0.1) is 0 Å². The molecule has 0 unspecified atom stereocenters. The average Bonchev–Trinajstić information content (AvgIpc) is 2.40. The zero-order valence-electron chi connectivity index (χ0n) is 6.28. The molecule has 1 heterocycles. The van der Waals surface area contributed by atoms with E-state index >= 15 is 0 Å². The molecule has 0 saturated heterocycles. The SMILES string of the molecule is O=C[C@H]1C(=O)Nc2ccccc21. The Morgan fingerprint density at radius 3 is 2.83 bits per heavy atom. The fourth-order valence-electron chi connectivity index (χ4n) is 1.37. The zero-order valence-corrected chi connectivity index (χ0v) is 6.28. The van der Waals surface area contributed by atoms with Crippen molar-refractivity contribution in [2.24, 2.45) is 0 Å². The van der Waals surface area contributed by atoms with Gasteiger partial charge in [-0.1, -0.05) is 18.2 Å². The van der Waals surface area contributed by atoms with Crippen LogP contribution in [-0.4, -0.2) is 12.2 Å². The van der Waals surface area contributed by atoms with Gasteiger partial charge in [0.2, 0.25) is 5.91 Å². The minimum Gasteiger partial charge on any atom is -0.325 e. The van der Waals surface area contributed by atoms with E-state index in [4.69, 9.17) is 0 Å². The lowest BCUT2D eigenvalue weighted by Crippen LogP contribution is -2.12. The van der Waals surface area contributed by atoms with Crippen molar-refractivity contribution in [2.45, 2.75) is 5.92 Å². The summed E-state index contributed by atoms with van der Waals surface area (Å²) in [6.07, 6.45) is 0.668. The van der Waals surface area contributed by atoms with E-state index in [-0.39, 0.29) is 5.91 Å². The first-order valence-corrected chi connectivity index (χ1v) is 3.68. The van der Waals surface area contributed by atoms with Gasteiger partial charge in [0.25, 0.3) is 0 Å². The van der Waals surface area contributed by atoms with Gasteiger partial charge >= 0.3 is 0 Å². The number of rotatable bonds is 1. The number of benzene rings is 1. The second-order valence-corrected chi connectivity index (χ2v) is 2.69. The molecule has 0 radical (unpaired) electrons. The molecular weight excluding hydrogens is 154 g/mol. The number of hydrogen-bond donors (Lipinski definition) is 1. The van der Waals surface area contributed by atoms with Crippen molar-refractivity contribution in [1.29, 1.82) is 0 Å². The Bertz CT molecular complexity index is 346. The van der Waals surface area contributed by atoms with Gasteiger partial charge in [0.1, 0.15) is 12.2 Å². The largest absolute Gasteiger partial charge is 0.325 e. The number of hydrogen-bond acceptors (Lipinski definition) is 2. The number of amides is 1. The van der Waals surface area contributed by atoms with Crippen LogP contribution in [0, 0.1) is 0 Å². The summed E-state index contributed by atoms with van der Waals surface area (Å²) in [5.41, 5.74) is 1.53. The van der Waals surface area contributed by atoms with Crippen LogP contribution in [0.25, 0.3) is 0 Å². The second-order valence-electron chi connectivity index (χ2n) is 2.69. The van der Waals surface area contributed by atoms with Gasteiger partial charge in [0, 0.05) is 5.69 Å². The highest BCUT2D eigenvalue weighted by Gasteiger charge is 2.29. The van der Waals surface area contributed by atoms with Crippen LogP contribution in [-0.2, 0) is 9.59 Å². The van der Waals surface area contributed by atoms with Crippen molar-refractivity contribution >= 4 is 17.9 Å². The van der Waals surface area contributed by atoms with Crippen LogP contribution in [0.15, 0.2) is 24.3 Å². The topological polar surface area (TPSA) is 46.2 Å². The Hall–Kier alpha value is -1.64. The quantitative estimate of drug-likeness (QED) is 0.491. The molecule has 1 aromatic rings. The highest BCUT2D eigenvalue weighted by atomic mass is 16.2. The molecule has 1 aliphatic rings. The lowest BCUT2D eigenvalue weighted by atomic mass is 10.0. The molecule has 60 valence electrons. The lowest BCUT2D eigenvalue weighted by Gasteiger charge is -1.96.